The molecule has 15 heavy (non-hydrogen) atoms. The van der Waals surface area contributed by atoms with Gasteiger partial charge in [0.1, 0.15) is 5.01 Å². The Hall–Kier alpha value is -0.840. The van der Waals surface area contributed by atoms with Gasteiger partial charge in [-0.2, -0.15) is 0 Å². The summed E-state index contributed by atoms with van der Waals surface area (Å²) in [7, 11) is 0. The number of nitrogens with zero attached hydrogens (tertiary/aromatic N) is 1. The summed E-state index contributed by atoms with van der Waals surface area (Å²) < 4.78 is 24.0. The molecule has 0 aliphatic carbocycles. The lowest BCUT2D eigenvalue weighted by Crippen LogP contribution is -2.14. The average Bonchev–Trinajstić information content (AvgIpc) is 2.51. The molecule has 0 aliphatic rings. The fourth-order valence-corrected chi connectivity index (χ4v) is 1.99. The van der Waals surface area contributed by atoms with Crippen molar-refractivity contribution in [2.75, 3.05) is 0 Å². The molecule has 0 unspecified atom stereocenters. The van der Waals surface area contributed by atoms with Gasteiger partial charge in [0, 0.05) is 10.8 Å². The van der Waals surface area contributed by atoms with Gasteiger partial charge in [-0.1, -0.05) is 20.8 Å². The minimum absolute atomic E-state index is 0.109. The van der Waals surface area contributed by atoms with Gasteiger partial charge in [-0.15, -0.1) is 11.3 Å². The highest BCUT2D eigenvalue weighted by Crippen LogP contribution is 2.24. The van der Waals surface area contributed by atoms with Crippen molar-refractivity contribution in [2.24, 2.45) is 0 Å². The zero-order valence-electron chi connectivity index (χ0n) is 8.88. The minimum Gasteiger partial charge on any atom is -0.293 e. The molecule has 2 nitrogen and oxygen atoms in total. The Morgan fingerprint density at radius 3 is 2.53 bits per heavy atom. The van der Waals surface area contributed by atoms with Gasteiger partial charge < -0.3 is 0 Å². The SMILES string of the molecule is CC(C)(C)c1csc(CC(=O)C(F)F)n1. The average molecular weight is 233 g/mol. The zero-order valence-corrected chi connectivity index (χ0v) is 9.70. The zero-order chi connectivity index (χ0) is 11.6. The number of thiazole rings is 1. The topological polar surface area (TPSA) is 30.0 Å². The van der Waals surface area contributed by atoms with Gasteiger partial charge in [0.15, 0.2) is 0 Å². The summed E-state index contributed by atoms with van der Waals surface area (Å²) in [5.41, 5.74) is 0.729. The molecule has 1 aromatic heterocycles. The number of rotatable bonds is 3. The summed E-state index contributed by atoms with van der Waals surface area (Å²) in [4.78, 5) is 15.0. The van der Waals surface area contributed by atoms with Crippen molar-refractivity contribution in [3.8, 4) is 0 Å². The predicted molar refractivity (Wildman–Crippen MR) is 55.5 cm³/mol. The van der Waals surface area contributed by atoms with Crippen LogP contribution in [0.25, 0.3) is 0 Å². The molecule has 0 radical (unpaired) electrons. The number of halogens is 2. The van der Waals surface area contributed by atoms with Crippen molar-refractivity contribution in [2.45, 2.75) is 39.0 Å². The lowest BCUT2D eigenvalue weighted by molar-refractivity contribution is -0.128. The van der Waals surface area contributed by atoms with Crippen LogP contribution in [-0.2, 0) is 16.6 Å². The maximum absolute atomic E-state index is 12.0. The van der Waals surface area contributed by atoms with E-state index in [1.165, 1.54) is 11.3 Å². The van der Waals surface area contributed by atoms with Crippen molar-refractivity contribution in [1.29, 1.82) is 0 Å². The maximum Gasteiger partial charge on any atom is 0.296 e. The molecule has 1 heterocycles. The van der Waals surface area contributed by atoms with E-state index in [1.54, 1.807) is 0 Å². The first-order chi connectivity index (χ1) is 6.80. The third kappa shape index (κ3) is 3.34. The molecular weight excluding hydrogens is 220 g/mol. The summed E-state index contributed by atoms with van der Waals surface area (Å²) in [6.45, 7) is 5.96. The summed E-state index contributed by atoms with van der Waals surface area (Å²) in [6.07, 6.45) is -3.16. The lowest BCUT2D eigenvalue weighted by atomic mass is 9.93. The van der Waals surface area contributed by atoms with Crippen LogP contribution in [-0.4, -0.2) is 17.2 Å². The van der Waals surface area contributed by atoms with Crippen LogP contribution < -0.4 is 0 Å². The van der Waals surface area contributed by atoms with E-state index in [0.717, 1.165) is 5.69 Å². The predicted octanol–water partition coefficient (Wildman–Crippen LogP) is 2.82. The van der Waals surface area contributed by atoms with Crippen LogP contribution in [0.1, 0.15) is 31.5 Å². The number of ketones is 1. The summed E-state index contributed by atoms with van der Waals surface area (Å²) in [5.74, 6) is -1.06. The summed E-state index contributed by atoms with van der Waals surface area (Å²) >= 11 is 1.26. The molecule has 0 saturated heterocycles. The Labute approximate surface area is 91.3 Å². The van der Waals surface area contributed by atoms with Crippen LogP contribution in [0, 0.1) is 0 Å². The monoisotopic (exact) mass is 233 g/mol. The molecule has 0 bridgehead atoms. The van der Waals surface area contributed by atoms with Crippen LogP contribution in [0.3, 0.4) is 0 Å². The van der Waals surface area contributed by atoms with Gasteiger partial charge in [0.05, 0.1) is 12.1 Å². The number of aromatic nitrogens is 1. The number of alkyl halides is 2. The van der Waals surface area contributed by atoms with Crippen LogP contribution in [0.15, 0.2) is 5.38 Å². The molecule has 1 rings (SSSR count). The van der Waals surface area contributed by atoms with E-state index in [9.17, 15) is 13.6 Å². The summed E-state index contributed by atoms with van der Waals surface area (Å²) in [5, 5.41) is 2.28. The minimum atomic E-state index is -2.90. The van der Waals surface area contributed by atoms with E-state index in [1.807, 2.05) is 26.2 Å². The molecule has 1 aromatic rings. The highest BCUT2D eigenvalue weighted by molar-refractivity contribution is 7.09. The Morgan fingerprint density at radius 2 is 2.13 bits per heavy atom. The molecule has 5 heteroatoms. The van der Waals surface area contributed by atoms with Crippen LogP contribution >= 0.6 is 11.3 Å². The van der Waals surface area contributed by atoms with E-state index in [2.05, 4.69) is 4.98 Å². The van der Waals surface area contributed by atoms with Crippen molar-refractivity contribution in [3.63, 3.8) is 0 Å². The molecule has 0 fully saturated rings. The van der Waals surface area contributed by atoms with Gasteiger partial charge in [-0.25, -0.2) is 13.8 Å². The Balaban J connectivity index is 2.73. The second kappa shape index (κ2) is 4.35. The first-order valence-electron chi connectivity index (χ1n) is 4.56. The first-order valence-corrected chi connectivity index (χ1v) is 5.44. The van der Waals surface area contributed by atoms with E-state index < -0.39 is 12.2 Å². The number of carbonyl (C=O) groups excluding carboxylic acids is 1. The van der Waals surface area contributed by atoms with Crippen molar-refractivity contribution >= 4 is 17.1 Å². The standard InChI is InChI=1S/C10H13F2NOS/c1-10(2,3)7-5-15-8(13-7)4-6(14)9(11)12/h5,9H,4H2,1-3H3. The number of hydrogen-bond acceptors (Lipinski definition) is 3. The fourth-order valence-electron chi connectivity index (χ4n) is 0.963. The molecule has 0 atom stereocenters. The first kappa shape index (κ1) is 12.2. The van der Waals surface area contributed by atoms with E-state index in [4.69, 9.17) is 0 Å². The molecule has 84 valence electrons. The molecule has 0 N–H and O–H groups in total. The number of hydrogen-bond donors (Lipinski definition) is 0. The van der Waals surface area contributed by atoms with Crippen LogP contribution in [0.5, 0.6) is 0 Å². The van der Waals surface area contributed by atoms with Crippen LogP contribution in [0.2, 0.25) is 0 Å². The summed E-state index contributed by atoms with van der Waals surface area (Å²) in [6, 6.07) is 0. The Kier molecular flexibility index (Phi) is 3.54. The van der Waals surface area contributed by atoms with Gasteiger partial charge in [0.2, 0.25) is 5.78 Å². The lowest BCUT2D eigenvalue weighted by Gasteiger charge is -2.14. The van der Waals surface area contributed by atoms with Gasteiger partial charge in [0.25, 0.3) is 6.43 Å². The highest BCUT2D eigenvalue weighted by atomic mass is 32.1. The second-order valence-electron chi connectivity index (χ2n) is 4.32. The van der Waals surface area contributed by atoms with Gasteiger partial charge >= 0.3 is 0 Å². The Morgan fingerprint density at radius 1 is 1.53 bits per heavy atom. The fraction of sp³-hybridized carbons (Fsp3) is 0.600. The quantitative estimate of drug-likeness (QED) is 0.803. The van der Waals surface area contributed by atoms with Crippen molar-refractivity contribution in [3.05, 3.63) is 16.1 Å². The smallest absolute Gasteiger partial charge is 0.293 e. The third-order valence-corrected chi connectivity index (χ3v) is 2.74. The second-order valence-corrected chi connectivity index (χ2v) is 5.26. The van der Waals surface area contributed by atoms with E-state index in [0.29, 0.717) is 5.01 Å². The Bertz CT molecular complexity index is 355. The largest absolute Gasteiger partial charge is 0.296 e. The molecule has 0 aliphatic heterocycles. The maximum atomic E-state index is 12.0. The molecular formula is C10H13F2NOS. The van der Waals surface area contributed by atoms with Crippen LogP contribution in [0.4, 0.5) is 8.78 Å². The third-order valence-electron chi connectivity index (χ3n) is 1.89. The molecule has 0 spiro atoms. The number of carbonyl (C=O) groups is 1. The van der Waals surface area contributed by atoms with Crippen molar-refractivity contribution in [1.82, 2.24) is 4.98 Å². The normalized spacial score (nSPS) is 12.1. The highest BCUT2D eigenvalue weighted by Gasteiger charge is 2.21. The molecule has 0 amide bonds. The van der Waals surface area contributed by atoms with E-state index >= 15 is 0 Å². The van der Waals surface area contributed by atoms with Gasteiger partial charge in [-0.05, 0) is 0 Å². The number of Topliss-reactive ketones (excluding diaryl/α,β-unsaturated/α-hetero) is 1. The molecule has 0 saturated carbocycles. The van der Waals surface area contributed by atoms with Crippen molar-refractivity contribution < 1.29 is 13.6 Å². The van der Waals surface area contributed by atoms with Gasteiger partial charge in [-0.3, -0.25) is 4.79 Å². The molecule has 0 aromatic carbocycles. The van der Waals surface area contributed by atoms with E-state index in [-0.39, 0.29) is 11.8 Å².